The average Bonchev–Trinajstić information content (AvgIpc) is 2.54. The van der Waals surface area contributed by atoms with Crippen LogP contribution in [0.4, 0.5) is 5.69 Å². The average molecular weight is 357 g/mol. The molecule has 1 saturated heterocycles. The van der Waals surface area contributed by atoms with E-state index in [2.05, 4.69) is 5.32 Å². The number of rotatable bonds is 6. The van der Waals surface area contributed by atoms with Gasteiger partial charge >= 0.3 is 0 Å². The first-order valence-electron chi connectivity index (χ1n) is 7.35. The third kappa shape index (κ3) is 4.73. The molecule has 9 heteroatoms. The molecular weight excluding hydrogens is 338 g/mol. The number of nitrogen functional groups attached to an aromatic ring is 1. The molecule has 0 spiro atoms. The lowest BCUT2D eigenvalue weighted by Crippen LogP contribution is -2.50. The Morgan fingerprint density at radius 2 is 2.29 bits per heavy atom. The molecule has 1 aromatic rings. The van der Waals surface area contributed by atoms with Crippen molar-refractivity contribution in [3.63, 3.8) is 0 Å². The standard InChI is InChI=1S/C15H20ClN3O5/c1-23-13-5-12(17)11(16)4-10(13)15(22)18-6-9-7-19(2-3-24-9)8-14(20)21/h4-5,9H,2-3,6-8,17H2,1H3,(H,18,22)(H,20,21)/p-1. The van der Waals surface area contributed by atoms with Crippen molar-refractivity contribution in [3.05, 3.63) is 22.7 Å². The SMILES string of the molecule is COc1cc(N)c(Cl)cc1C(=O)NCC1CN(CC(=O)[O-])CCO1. The number of carboxylic acid groups (broad SMARTS) is 1. The Labute approximate surface area is 144 Å². The molecule has 8 nitrogen and oxygen atoms in total. The number of nitrogens with one attached hydrogen (secondary N) is 1. The Balaban J connectivity index is 1.95. The number of methoxy groups -OCH3 is 1. The van der Waals surface area contributed by atoms with Crippen LogP contribution in [0, 0.1) is 0 Å². The smallest absolute Gasteiger partial charge is 0.255 e. The van der Waals surface area contributed by atoms with Gasteiger partial charge in [-0.05, 0) is 6.07 Å². The van der Waals surface area contributed by atoms with Crippen LogP contribution in [-0.2, 0) is 9.53 Å². The first kappa shape index (κ1) is 18.3. The minimum atomic E-state index is -1.14. The van der Waals surface area contributed by atoms with Crippen molar-refractivity contribution in [2.75, 3.05) is 45.6 Å². The van der Waals surface area contributed by atoms with E-state index in [1.807, 2.05) is 0 Å². The summed E-state index contributed by atoms with van der Waals surface area (Å²) in [5.41, 5.74) is 6.27. The number of amides is 1. The van der Waals surface area contributed by atoms with Gasteiger partial charge in [0.1, 0.15) is 5.75 Å². The molecule has 3 N–H and O–H groups in total. The fraction of sp³-hybridized carbons (Fsp3) is 0.467. The first-order valence-corrected chi connectivity index (χ1v) is 7.73. The molecule has 0 saturated carbocycles. The summed E-state index contributed by atoms with van der Waals surface area (Å²) in [5, 5.41) is 13.6. The van der Waals surface area contributed by atoms with Crippen molar-refractivity contribution in [1.29, 1.82) is 0 Å². The lowest BCUT2D eigenvalue weighted by Gasteiger charge is -2.33. The molecule has 1 unspecified atom stereocenters. The number of hydrogen-bond acceptors (Lipinski definition) is 7. The highest BCUT2D eigenvalue weighted by molar-refractivity contribution is 6.33. The number of nitrogens with two attached hydrogens (primary N) is 1. The molecule has 0 aliphatic carbocycles. The van der Waals surface area contributed by atoms with Crippen molar-refractivity contribution < 1.29 is 24.2 Å². The molecule has 1 aliphatic rings. The van der Waals surface area contributed by atoms with Crippen LogP contribution in [0.2, 0.25) is 5.02 Å². The van der Waals surface area contributed by atoms with Crippen molar-refractivity contribution in [2.24, 2.45) is 0 Å². The summed E-state index contributed by atoms with van der Waals surface area (Å²) in [6.07, 6.45) is -0.308. The van der Waals surface area contributed by atoms with E-state index in [1.54, 1.807) is 4.90 Å². The van der Waals surface area contributed by atoms with E-state index in [0.29, 0.717) is 31.1 Å². The summed E-state index contributed by atoms with van der Waals surface area (Å²) in [6.45, 7) is 1.38. The van der Waals surface area contributed by atoms with Crippen molar-refractivity contribution in [2.45, 2.75) is 6.10 Å². The predicted octanol–water partition coefficient (Wildman–Crippen LogP) is -0.889. The third-order valence-electron chi connectivity index (χ3n) is 3.63. The Morgan fingerprint density at radius 1 is 1.54 bits per heavy atom. The molecule has 1 heterocycles. The highest BCUT2D eigenvalue weighted by Crippen LogP contribution is 2.28. The first-order chi connectivity index (χ1) is 11.4. The number of carboxylic acids is 1. The summed E-state index contributed by atoms with van der Waals surface area (Å²) in [4.78, 5) is 24.7. The summed E-state index contributed by atoms with van der Waals surface area (Å²) < 4.78 is 10.7. The monoisotopic (exact) mass is 356 g/mol. The molecule has 0 bridgehead atoms. The Hall–Kier alpha value is -2.03. The summed E-state index contributed by atoms with van der Waals surface area (Å²) in [6, 6.07) is 2.92. The zero-order valence-corrected chi connectivity index (χ0v) is 14.0. The van der Waals surface area contributed by atoms with Crippen LogP contribution in [0.3, 0.4) is 0 Å². The molecule has 2 rings (SSSR count). The number of ether oxygens (including phenoxy) is 2. The maximum absolute atomic E-state index is 12.3. The Kier molecular flexibility index (Phi) is 6.24. The number of anilines is 1. The number of halogens is 1. The second kappa shape index (κ2) is 8.18. The molecule has 1 fully saturated rings. The number of carbonyl (C=O) groups is 2. The number of nitrogens with zero attached hydrogens (tertiary/aromatic N) is 1. The number of aliphatic carboxylic acids is 1. The van der Waals surface area contributed by atoms with Crippen molar-refractivity contribution in [3.8, 4) is 5.75 Å². The van der Waals surface area contributed by atoms with Gasteiger partial charge in [0.25, 0.3) is 5.91 Å². The lowest BCUT2D eigenvalue weighted by molar-refractivity contribution is -0.306. The van der Waals surface area contributed by atoms with E-state index < -0.39 is 5.97 Å². The molecule has 0 aromatic heterocycles. The number of benzene rings is 1. The predicted molar refractivity (Wildman–Crippen MR) is 85.9 cm³/mol. The normalized spacial score (nSPS) is 18.2. The third-order valence-corrected chi connectivity index (χ3v) is 3.96. The molecule has 132 valence electrons. The van der Waals surface area contributed by atoms with Gasteiger partial charge in [0.15, 0.2) is 0 Å². The molecule has 24 heavy (non-hydrogen) atoms. The second-order valence-corrected chi connectivity index (χ2v) is 5.79. The summed E-state index contributed by atoms with van der Waals surface area (Å²) in [5.74, 6) is -1.20. The van der Waals surface area contributed by atoms with Gasteiger partial charge in [0.2, 0.25) is 0 Å². The fourth-order valence-electron chi connectivity index (χ4n) is 2.45. The van der Waals surface area contributed by atoms with Gasteiger partial charge < -0.3 is 30.4 Å². The van der Waals surface area contributed by atoms with Crippen LogP contribution < -0.4 is 20.9 Å². The van der Waals surface area contributed by atoms with Crippen LogP contribution in [0.25, 0.3) is 0 Å². The van der Waals surface area contributed by atoms with Gasteiger partial charge in [-0.25, -0.2) is 0 Å². The largest absolute Gasteiger partial charge is 0.549 e. The number of morpholine rings is 1. The van der Waals surface area contributed by atoms with Crippen LogP contribution in [-0.4, -0.2) is 62.8 Å². The van der Waals surface area contributed by atoms with Gasteiger partial charge in [-0.2, -0.15) is 0 Å². The van der Waals surface area contributed by atoms with Crippen LogP contribution in [0.1, 0.15) is 10.4 Å². The van der Waals surface area contributed by atoms with E-state index >= 15 is 0 Å². The van der Waals surface area contributed by atoms with E-state index in [1.165, 1.54) is 19.2 Å². The lowest BCUT2D eigenvalue weighted by atomic mass is 10.1. The van der Waals surface area contributed by atoms with Crippen LogP contribution in [0.15, 0.2) is 12.1 Å². The van der Waals surface area contributed by atoms with Gasteiger partial charge in [-0.3, -0.25) is 9.69 Å². The van der Waals surface area contributed by atoms with Gasteiger partial charge in [-0.15, -0.1) is 0 Å². The Bertz CT molecular complexity index is 625. The fourth-order valence-corrected chi connectivity index (χ4v) is 2.61. The maximum Gasteiger partial charge on any atom is 0.255 e. The molecular formula is C15H19ClN3O5-. The highest BCUT2D eigenvalue weighted by Gasteiger charge is 2.22. The second-order valence-electron chi connectivity index (χ2n) is 5.38. The van der Waals surface area contributed by atoms with E-state index in [9.17, 15) is 14.7 Å². The molecule has 1 amide bonds. The van der Waals surface area contributed by atoms with E-state index in [4.69, 9.17) is 26.8 Å². The zero-order chi connectivity index (χ0) is 17.7. The zero-order valence-electron chi connectivity index (χ0n) is 13.2. The summed E-state index contributed by atoms with van der Waals surface area (Å²) >= 11 is 5.95. The van der Waals surface area contributed by atoms with Gasteiger partial charge in [0.05, 0.1) is 42.1 Å². The number of hydrogen-bond donors (Lipinski definition) is 2. The minimum Gasteiger partial charge on any atom is -0.549 e. The number of carbonyl (C=O) groups excluding carboxylic acids is 2. The van der Waals surface area contributed by atoms with Crippen molar-refractivity contribution >= 4 is 29.2 Å². The van der Waals surface area contributed by atoms with Crippen LogP contribution in [0.5, 0.6) is 5.75 Å². The Morgan fingerprint density at radius 3 is 2.96 bits per heavy atom. The highest BCUT2D eigenvalue weighted by atomic mass is 35.5. The topological polar surface area (TPSA) is 117 Å². The van der Waals surface area contributed by atoms with E-state index in [0.717, 1.165) is 0 Å². The quantitative estimate of drug-likeness (QED) is 0.635. The molecule has 1 aliphatic heterocycles. The minimum absolute atomic E-state index is 0.158. The van der Waals surface area contributed by atoms with Crippen LogP contribution >= 0.6 is 11.6 Å². The summed E-state index contributed by atoms with van der Waals surface area (Å²) in [7, 11) is 1.43. The van der Waals surface area contributed by atoms with Gasteiger partial charge in [-0.1, -0.05) is 11.6 Å². The van der Waals surface area contributed by atoms with E-state index in [-0.39, 0.29) is 35.7 Å². The van der Waals surface area contributed by atoms with Gasteiger partial charge in [0, 0.05) is 32.2 Å². The molecule has 1 atom stereocenters. The maximum atomic E-state index is 12.3. The molecule has 1 aromatic carbocycles. The van der Waals surface area contributed by atoms with Crippen molar-refractivity contribution in [1.82, 2.24) is 10.2 Å². The molecule has 0 radical (unpaired) electrons.